The van der Waals surface area contributed by atoms with Crippen molar-refractivity contribution in [1.82, 2.24) is 9.88 Å². The summed E-state index contributed by atoms with van der Waals surface area (Å²) in [4.78, 5) is 7.25. The summed E-state index contributed by atoms with van der Waals surface area (Å²) in [6.07, 6.45) is 0. The maximum Gasteiger partial charge on any atom is 0.240 e. The van der Waals surface area contributed by atoms with Crippen LogP contribution in [0.1, 0.15) is 17.3 Å². The molecule has 0 radical (unpaired) electrons. The van der Waals surface area contributed by atoms with Crippen molar-refractivity contribution in [2.75, 3.05) is 40.2 Å². The Morgan fingerprint density at radius 3 is 2.64 bits per heavy atom. The third-order valence-electron chi connectivity index (χ3n) is 4.34. The number of thiophene rings is 1. The highest BCUT2D eigenvalue weighted by molar-refractivity contribution is 7.13. The van der Waals surface area contributed by atoms with Crippen molar-refractivity contribution in [2.45, 2.75) is 6.04 Å². The summed E-state index contributed by atoms with van der Waals surface area (Å²) in [5.41, 5.74) is 1.29. The summed E-state index contributed by atoms with van der Waals surface area (Å²) >= 11 is 1.51. The summed E-state index contributed by atoms with van der Waals surface area (Å²) in [7, 11) is 7.21. The van der Waals surface area contributed by atoms with Crippen LogP contribution in [0.2, 0.25) is 0 Å². The van der Waals surface area contributed by atoms with Gasteiger partial charge in [0.25, 0.3) is 0 Å². The highest BCUT2D eigenvalue weighted by atomic mass is 32.1. The average molecular weight is 398 g/mol. The van der Waals surface area contributed by atoms with Crippen LogP contribution in [0.3, 0.4) is 0 Å². The third-order valence-corrected chi connectivity index (χ3v) is 5.19. The predicted molar refractivity (Wildman–Crippen MR) is 109 cm³/mol. The first kappa shape index (κ1) is 19.7. The first-order chi connectivity index (χ1) is 13.6. The van der Waals surface area contributed by atoms with E-state index in [1.165, 1.54) is 11.3 Å². The number of anilines is 1. The van der Waals surface area contributed by atoms with E-state index in [-0.39, 0.29) is 11.7 Å². The lowest BCUT2D eigenvalue weighted by Crippen LogP contribution is -2.27. The number of likely N-dealkylation sites (N-methyl/N-ethyl adjacent to an activating group) is 1. The number of benzene rings is 1. The van der Waals surface area contributed by atoms with Crippen molar-refractivity contribution >= 4 is 17.2 Å². The Kier molecular flexibility index (Phi) is 6.19. The van der Waals surface area contributed by atoms with Gasteiger partial charge in [-0.2, -0.15) is 10.2 Å². The molecular formula is C20H22N4O3S. The lowest BCUT2D eigenvalue weighted by atomic mass is 10.1. The van der Waals surface area contributed by atoms with E-state index >= 15 is 0 Å². The number of hydrogen-bond acceptors (Lipinski definition) is 8. The molecule has 1 aromatic carbocycles. The molecular weight excluding hydrogens is 376 g/mol. The summed E-state index contributed by atoms with van der Waals surface area (Å²) < 4.78 is 16.5. The molecule has 0 amide bonds. The van der Waals surface area contributed by atoms with Gasteiger partial charge >= 0.3 is 0 Å². The highest BCUT2D eigenvalue weighted by Gasteiger charge is 2.20. The number of nitrogens with zero attached hydrogens (tertiary/aromatic N) is 3. The molecule has 146 valence electrons. The molecule has 0 bridgehead atoms. The molecule has 0 saturated heterocycles. The van der Waals surface area contributed by atoms with Crippen LogP contribution in [0.15, 0.2) is 40.1 Å². The minimum atomic E-state index is 0.0154. The monoisotopic (exact) mass is 398 g/mol. The Hall–Kier alpha value is -3.02. The molecule has 0 spiro atoms. The lowest BCUT2D eigenvalue weighted by molar-refractivity contribution is 0.307. The Morgan fingerprint density at radius 2 is 2.04 bits per heavy atom. The molecule has 8 heteroatoms. The fraction of sp³-hybridized carbons (Fsp3) is 0.300. The summed E-state index contributed by atoms with van der Waals surface area (Å²) in [5, 5.41) is 14.6. The van der Waals surface area contributed by atoms with Gasteiger partial charge in [-0.3, -0.25) is 0 Å². The minimum Gasteiger partial charge on any atom is -0.493 e. The van der Waals surface area contributed by atoms with Gasteiger partial charge in [0.1, 0.15) is 6.07 Å². The van der Waals surface area contributed by atoms with Gasteiger partial charge in [-0.05, 0) is 43.2 Å². The lowest BCUT2D eigenvalue weighted by Gasteiger charge is -2.25. The van der Waals surface area contributed by atoms with Gasteiger partial charge in [-0.25, -0.2) is 0 Å². The Bertz CT molecular complexity index is 960. The largest absolute Gasteiger partial charge is 0.493 e. The van der Waals surface area contributed by atoms with Crippen LogP contribution < -0.4 is 14.8 Å². The van der Waals surface area contributed by atoms with Crippen LogP contribution in [0.4, 0.5) is 5.88 Å². The molecule has 1 N–H and O–H groups in total. The van der Waals surface area contributed by atoms with Crippen molar-refractivity contribution < 1.29 is 13.9 Å². The van der Waals surface area contributed by atoms with Crippen molar-refractivity contribution in [3.63, 3.8) is 0 Å². The quantitative estimate of drug-likeness (QED) is 0.614. The van der Waals surface area contributed by atoms with E-state index in [1.54, 1.807) is 14.2 Å². The maximum atomic E-state index is 9.40. The topological polar surface area (TPSA) is 83.5 Å². The third kappa shape index (κ3) is 4.11. The number of rotatable bonds is 8. The van der Waals surface area contributed by atoms with Gasteiger partial charge in [0.05, 0.1) is 25.1 Å². The molecule has 0 unspecified atom stereocenters. The van der Waals surface area contributed by atoms with E-state index < -0.39 is 0 Å². The zero-order chi connectivity index (χ0) is 20.1. The highest BCUT2D eigenvalue weighted by Crippen LogP contribution is 2.32. The molecule has 0 fully saturated rings. The van der Waals surface area contributed by atoms with E-state index in [1.807, 2.05) is 49.8 Å². The number of aromatic nitrogens is 1. The summed E-state index contributed by atoms with van der Waals surface area (Å²) in [5.74, 6) is 2.17. The Morgan fingerprint density at radius 1 is 1.25 bits per heavy atom. The molecule has 0 saturated carbocycles. The van der Waals surface area contributed by atoms with E-state index in [4.69, 9.17) is 13.9 Å². The molecule has 3 aromatic rings. The fourth-order valence-electron chi connectivity index (χ4n) is 2.87. The second-order valence-corrected chi connectivity index (χ2v) is 7.21. The van der Waals surface area contributed by atoms with Crippen LogP contribution in [0, 0.1) is 11.3 Å². The zero-order valence-corrected chi connectivity index (χ0v) is 17.0. The SMILES string of the molecule is COc1ccc([C@@H](CNc2oc(-c3cccs3)nc2C#N)N(C)C)cc1OC. The van der Waals surface area contributed by atoms with Gasteiger partial charge < -0.3 is 24.1 Å². The maximum absolute atomic E-state index is 9.40. The Labute approximate surface area is 168 Å². The molecule has 7 nitrogen and oxygen atoms in total. The first-order valence-electron chi connectivity index (χ1n) is 8.64. The summed E-state index contributed by atoms with van der Waals surface area (Å²) in [6, 6.07) is 11.8. The molecule has 0 aliphatic carbocycles. The Balaban J connectivity index is 1.82. The van der Waals surface area contributed by atoms with Gasteiger partial charge in [-0.15, -0.1) is 11.3 Å². The number of methoxy groups -OCH3 is 2. The van der Waals surface area contributed by atoms with Crippen molar-refractivity contribution in [3.05, 3.63) is 47.0 Å². The van der Waals surface area contributed by atoms with Gasteiger partial charge in [0.15, 0.2) is 11.5 Å². The molecule has 2 heterocycles. The van der Waals surface area contributed by atoms with E-state index in [0.29, 0.717) is 29.8 Å². The van der Waals surface area contributed by atoms with Gasteiger partial charge in [0.2, 0.25) is 17.5 Å². The van der Waals surface area contributed by atoms with Crippen molar-refractivity contribution in [2.24, 2.45) is 0 Å². The molecule has 1 atom stereocenters. The average Bonchev–Trinajstić information content (AvgIpc) is 3.37. The normalized spacial score (nSPS) is 11.9. The predicted octanol–water partition coefficient (Wildman–Crippen LogP) is 4.01. The second kappa shape index (κ2) is 8.78. The molecule has 3 rings (SSSR count). The van der Waals surface area contributed by atoms with Crippen molar-refractivity contribution in [3.8, 4) is 28.3 Å². The molecule has 2 aromatic heterocycles. The zero-order valence-electron chi connectivity index (χ0n) is 16.2. The fourth-order valence-corrected chi connectivity index (χ4v) is 3.52. The van der Waals surface area contributed by atoms with Crippen LogP contribution in [-0.4, -0.2) is 44.7 Å². The molecule has 0 aliphatic heterocycles. The number of nitrogens with one attached hydrogen (secondary N) is 1. The number of oxazole rings is 1. The number of hydrogen-bond donors (Lipinski definition) is 1. The van der Waals surface area contributed by atoms with Crippen LogP contribution >= 0.6 is 11.3 Å². The molecule has 28 heavy (non-hydrogen) atoms. The van der Waals surface area contributed by atoms with E-state index in [2.05, 4.69) is 21.3 Å². The smallest absolute Gasteiger partial charge is 0.240 e. The van der Waals surface area contributed by atoms with Crippen LogP contribution in [-0.2, 0) is 0 Å². The molecule has 0 aliphatic rings. The van der Waals surface area contributed by atoms with E-state index in [0.717, 1.165) is 10.4 Å². The van der Waals surface area contributed by atoms with Crippen LogP contribution in [0.5, 0.6) is 11.5 Å². The van der Waals surface area contributed by atoms with Crippen LogP contribution in [0.25, 0.3) is 10.8 Å². The van der Waals surface area contributed by atoms with Crippen molar-refractivity contribution in [1.29, 1.82) is 5.26 Å². The number of nitriles is 1. The minimum absolute atomic E-state index is 0.0154. The first-order valence-corrected chi connectivity index (χ1v) is 9.52. The second-order valence-electron chi connectivity index (χ2n) is 6.26. The summed E-state index contributed by atoms with van der Waals surface area (Å²) in [6.45, 7) is 0.524. The number of ether oxygens (including phenoxy) is 2. The van der Waals surface area contributed by atoms with Gasteiger partial charge in [-0.1, -0.05) is 12.1 Å². The standard InChI is InChI=1S/C20H22N4O3S/c1-24(2)15(13-7-8-16(25-3)17(10-13)26-4)12-22-19-14(11-21)23-20(27-19)18-6-5-9-28-18/h5-10,15,22H,12H2,1-4H3/t15-/m1/s1. The van der Waals surface area contributed by atoms with Gasteiger partial charge in [0, 0.05) is 6.54 Å². The van der Waals surface area contributed by atoms with E-state index in [9.17, 15) is 5.26 Å².